The molecule has 2 aromatic carbocycles. The van der Waals surface area contributed by atoms with Crippen molar-refractivity contribution in [2.24, 2.45) is 0 Å². The highest BCUT2D eigenvalue weighted by atomic mass is 35.5. The number of hydrogen-bond donors (Lipinski definition) is 0. The van der Waals surface area contributed by atoms with Gasteiger partial charge in [-0.05, 0) is 39.1 Å². The van der Waals surface area contributed by atoms with Crippen LogP contribution < -0.4 is 4.74 Å². The van der Waals surface area contributed by atoms with E-state index in [1.807, 2.05) is 36.4 Å². The van der Waals surface area contributed by atoms with Crippen LogP contribution in [0.3, 0.4) is 0 Å². The number of halogens is 2. The zero-order valence-electron chi connectivity index (χ0n) is 13.3. The number of benzene rings is 2. The molecule has 0 amide bonds. The van der Waals surface area contributed by atoms with Gasteiger partial charge in [0.1, 0.15) is 5.75 Å². The predicted octanol–water partition coefficient (Wildman–Crippen LogP) is 5.15. The summed E-state index contributed by atoms with van der Waals surface area (Å²) in [5, 5.41) is 0.661. The van der Waals surface area contributed by atoms with E-state index < -0.39 is 0 Å². The van der Waals surface area contributed by atoms with Crippen molar-refractivity contribution in [2.45, 2.75) is 19.4 Å². The van der Waals surface area contributed by atoms with Crippen molar-refractivity contribution < 1.29 is 4.74 Å². The smallest absolute Gasteiger partial charge is 0.145 e. The van der Waals surface area contributed by atoms with Gasteiger partial charge in [-0.2, -0.15) is 0 Å². The van der Waals surface area contributed by atoms with E-state index >= 15 is 0 Å². The number of ether oxygens (including phenoxy) is 1. The molecule has 0 N–H and O–H groups in total. The summed E-state index contributed by atoms with van der Waals surface area (Å²) in [6, 6.07) is 16.6. The van der Waals surface area contributed by atoms with Crippen molar-refractivity contribution in [3.05, 3.63) is 53.6 Å². The number of para-hydroxylation sites is 1. The third-order valence-electron chi connectivity index (χ3n) is 3.72. The van der Waals surface area contributed by atoms with Crippen LogP contribution in [0.25, 0.3) is 11.1 Å². The summed E-state index contributed by atoms with van der Waals surface area (Å²) in [4.78, 5) is 2.19. The van der Waals surface area contributed by atoms with Crippen LogP contribution in [0.15, 0.2) is 48.5 Å². The Morgan fingerprint density at radius 2 is 1.73 bits per heavy atom. The fourth-order valence-corrected chi connectivity index (χ4v) is 2.32. The Morgan fingerprint density at radius 1 is 1.05 bits per heavy atom. The molecule has 2 nitrogen and oxygen atoms in total. The van der Waals surface area contributed by atoms with Gasteiger partial charge < -0.3 is 9.64 Å². The normalized spacial score (nSPS) is 11.9. The Morgan fingerprint density at radius 3 is 2.36 bits per heavy atom. The van der Waals surface area contributed by atoms with Crippen molar-refractivity contribution in [1.82, 2.24) is 4.90 Å². The number of rotatable bonds is 6. The van der Waals surface area contributed by atoms with Gasteiger partial charge in [0, 0.05) is 11.6 Å². The lowest BCUT2D eigenvalue weighted by Crippen LogP contribution is -2.26. The minimum absolute atomic E-state index is 0. The van der Waals surface area contributed by atoms with Gasteiger partial charge in [-0.3, -0.25) is 0 Å². The first-order valence-corrected chi connectivity index (χ1v) is 7.60. The van der Waals surface area contributed by atoms with Crippen LogP contribution in [-0.4, -0.2) is 31.6 Å². The van der Waals surface area contributed by atoms with E-state index in [4.69, 9.17) is 16.3 Å². The van der Waals surface area contributed by atoms with Crippen LogP contribution in [0.1, 0.15) is 13.3 Å². The molecule has 0 aliphatic carbocycles. The van der Waals surface area contributed by atoms with Crippen LogP contribution in [0.5, 0.6) is 5.75 Å². The molecular formula is C18H23Cl2NO. The van der Waals surface area contributed by atoms with E-state index in [1.165, 1.54) is 0 Å². The fraction of sp³-hybridized carbons (Fsp3) is 0.333. The second kappa shape index (κ2) is 9.04. The van der Waals surface area contributed by atoms with E-state index in [-0.39, 0.29) is 12.4 Å². The predicted molar refractivity (Wildman–Crippen MR) is 97.4 cm³/mol. The van der Waals surface area contributed by atoms with E-state index in [9.17, 15) is 0 Å². The third-order valence-corrected chi connectivity index (χ3v) is 4.01. The zero-order valence-corrected chi connectivity index (χ0v) is 14.8. The maximum Gasteiger partial charge on any atom is 0.145 e. The molecular weight excluding hydrogens is 317 g/mol. The summed E-state index contributed by atoms with van der Waals surface area (Å²) in [6.07, 6.45) is 0.965. The lowest BCUT2D eigenvalue weighted by atomic mass is 10.0. The molecule has 0 saturated carbocycles. The molecule has 0 aliphatic rings. The molecule has 2 aromatic rings. The summed E-state index contributed by atoms with van der Waals surface area (Å²) in [5.41, 5.74) is 2.16. The molecule has 1 atom stereocenters. The highest BCUT2D eigenvalue weighted by molar-refractivity contribution is 6.32. The average molecular weight is 340 g/mol. The largest absolute Gasteiger partial charge is 0.491 e. The monoisotopic (exact) mass is 339 g/mol. The lowest BCUT2D eigenvalue weighted by Gasteiger charge is -2.20. The summed E-state index contributed by atoms with van der Waals surface area (Å²) in [6.45, 7) is 2.84. The maximum absolute atomic E-state index is 6.32. The summed E-state index contributed by atoms with van der Waals surface area (Å²) < 4.78 is 5.98. The average Bonchev–Trinajstić information content (AvgIpc) is 2.49. The van der Waals surface area contributed by atoms with Crippen LogP contribution in [0.4, 0.5) is 0 Å². The van der Waals surface area contributed by atoms with Crippen molar-refractivity contribution in [3.8, 4) is 16.9 Å². The Kier molecular flexibility index (Phi) is 7.74. The van der Waals surface area contributed by atoms with Crippen molar-refractivity contribution in [2.75, 3.05) is 20.7 Å². The van der Waals surface area contributed by atoms with Crippen LogP contribution in [0.2, 0.25) is 5.02 Å². The number of hydrogen-bond acceptors (Lipinski definition) is 2. The highest BCUT2D eigenvalue weighted by Crippen LogP contribution is 2.36. The minimum Gasteiger partial charge on any atom is -0.491 e. The van der Waals surface area contributed by atoms with E-state index in [0.717, 1.165) is 23.3 Å². The van der Waals surface area contributed by atoms with Crippen molar-refractivity contribution in [3.63, 3.8) is 0 Å². The third kappa shape index (κ3) is 4.91. The van der Waals surface area contributed by atoms with E-state index in [1.54, 1.807) is 0 Å². The van der Waals surface area contributed by atoms with Gasteiger partial charge in [-0.25, -0.2) is 0 Å². The quantitative estimate of drug-likeness (QED) is 0.721. The fourth-order valence-electron chi connectivity index (χ4n) is 2.09. The maximum atomic E-state index is 6.32. The Hall–Kier alpha value is -1.22. The van der Waals surface area contributed by atoms with Gasteiger partial charge in [0.05, 0.1) is 11.6 Å². The summed E-state index contributed by atoms with van der Waals surface area (Å²) >= 11 is 6.32. The Labute approximate surface area is 144 Å². The SMILES string of the molecule is CC(CCOc1c(Cl)cccc1-c1ccccc1)N(C)C.Cl. The Bertz CT molecular complexity index is 573. The van der Waals surface area contributed by atoms with Gasteiger partial charge in [0.25, 0.3) is 0 Å². The second-order valence-electron chi connectivity index (χ2n) is 5.43. The molecule has 4 heteroatoms. The standard InChI is InChI=1S/C18H22ClNO.ClH/c1-14(20(2)3)12-13-21-18-16(10-7-11-17(18)19)15-8-5-4-6-9-15;/h4-11,14H,12-13H2,1-3H3;1H. The van der Waals surface area contributed by atoms with Gasteiger partial charge in [-0.1, -0.05) is 54.1 Å². The molecule has 0 bridgehead atoms. The molecule has 0 saturated heterocycles. The number of nitrogens with zero attached hydrogens (tertiary/aromatic N) is 1. The van der Waals surface area contributed by atoms with Crippen LogP contribution in [0, 0.1) is 0 Å². The second-order valence-corrected chi connectivity index (χ2v) is 5.84. The molecule has 120 valence electrons. The molecule has 1 unspecified atom stereocenters. The van der Waals surface area contributed by atoms with Gasteiger partial charge in [-0.15, -0.1) is 12.4 Å². The lowest BCUT2D eigenvalue weighted by molar-refractivity contribution is 0.234. The van der Waals surface area contributed by atoms with Gasteiger partial charge in [0.2, 0.25) is 0 Å². The highest BCUT2D eigenvalue weighted by Gasteiger charge is 2.11. The van der Waals surface area contributed by atoms with E-state index in [2.05, 4.69) is 38.1 Å². The molecule has 2 rings (SSSR count). The molecule has 0 radical (unpaired) electrons. The Balaban J connectivity index is 0.00000242. The first kappa shape index (κ1) is 18.8. The van der Waals surface area contributed by atoms with Crippen molar-refractivity contribution >= 4 is 24.0 Å². The summed E-state index contributed by atoms with van der Waals surface area (Å²) in [7, 11) is 4.16. The molecule has 0 aromatic heterocycles. The van der Waals surface area contributed by atoms with Crippen molar-refractivity contribution in [1.29, 1.82) is 0 Å². The molecule has 0 fully saturated rings. The summed E-state index contributed by atoms with van der Waals surface area (Å²) in [5.74, 6) is 0.774. The topological polar surface area (TPSA) is 12.5 Å². The van der Waals surface area contributed by atoms with Crippen LogP contribution >= 0.6 is 24.0 Å². The molecule has 0 spiro atoms. The zero-order chi connectivity index (χ0) is 15.2. The molecule has 0 heterocycles. The minimum atomic E-state index is 0. The molecule has 0 aliphatic heterocycles. The van der Waals surface area contributed by atoms with E-state index in [0.29, 0.717) is 17.7 Å². The first-order valence-electron chi connectivity index (χ1n) is 7.22. The van der Waals surface area contributed by atoms with Crippen LogP contribution in [-0.2, 0) is 0 Å². The first-order chi connectivity index (χ1) is 10.1. The molecule has 22 heavy (non-hydrogen) atoms. The van der Waals surface area contributed by atoms with Gasteiger partial charge >= 0.3 is 0 Å². The van der Waals surface area contributed by atoms with Gasteiger partial charge in [0.15, 0.2) is 0 Å².